The molecule has 5 heteroatoms. The van der Waals surface area contributed by atoms with Crippen LogP contribution in [0.25, 0.3) is 5.69 Å². The molecule has 112 valence electrons. The van der Waals surface area contributed by atoms with Gasteiger partial charge in [-0.25, -0.2) is 4.68 Å². The predicted molar refractivity (Wildman–Crippen MR) is 83.0 cm³/mol. The van der Waals surface area contributed by atoms with Crippen molar-refractivity contribution in [2.24, 2.45) is 0 Å². The second-order valence-corrected chi connectivity index (χ2v) is 5.02. The highest BCUT2D eigenvalue weighted by atomic mass is 16.3. The van der Waals surface area contributed by atoms with Gasteiger partial charge in [0.05, 0.1) is 12.0 Å². The van der Waals surface area contributed by atoms with Gasteiger partial charge in [-0.2, -0.15) is 5.10 Å². The van der Waals surface area contributed by atoms with Gasteiger partial charge in [-0.3, -0.25) is 4.79 Å². The molecule has 3 rings (SSSR count). The highest BCUT2D eigenvalue weighted by Gasteiger charge is 2.07. The molecule has 0 fully saturated rings. The highest BCUT2D eigenvalue weighted by Crippen LogP contribution is 2.11. The topological polar surface area (TPSA) is 60.1 Å². The first-order chi connectivity index (χ1) is 10.7. The fourth-order valence-electron chi connectivity index (χ4n) is 2.25. The number of furan rings is 1. The highest BCUT2D eigenvalue weighted by molar-refractivity contribution is 5.94. The number of carbonyl (C=O) groups is 1. The van der Waals surface area contributed by atoms with Crippen molar-refractivity contribution in [3.8, 4) is 5.69 Å². The van der Waals surface area contributed by atoms with Crippen LogP contribution in [0, 0.1) is 6.92 Å². The van der Waals surface area contributed by atoms with E-state index >= 15 is 0 Å². The lowest BCUT2D eigenvalue weighted by Gasteiger charge is -2.07. The Bertz CT molecular complexity index is 743. The fraction of sp³-hybridized carbons (Fsp3) is 0.176. The van der Waals surface area contributed by atoms with Gasteiger partial charge in [0.25, 0.3) is 5.91 Å². The monoisotopic (exact) mass is 295 g/mol. The van der Waals surface area contributed by atoms with Gasteiger partial charge >= 0.3 is 0 Å². The third kappa shape index (κ3) is 3.09. The Hall–Kier alpha value is -2.82. The van der Waals surface area contributed by atoms with Crippen LogP contribution in [0.5, 0.6) is 0 Å². The minimum absolute atomic E-state index is 0.0877. The molecule has 0 spiro atoms. The number of aromatic nitrogens is 2. The maximum Gasteiger partial charge on any atom is 0.251 e. The molecule has 0 bridgehead atoms. The largest absolute Gasteiger partial charge is 0.469 e. The molecule has 0 aliphatic rings. The molecule has 0 aliphatic heterocycles. The van der Waals surface area contributed by atoms with Crippen LogP contribution in [0.3, 0.4) is 0 Å². The maximum atomic E-state index is 12.1. The lowest BCUT2D eigenvalue weighted by molar-refractivity contribution is 0.0953. The van der Waals surface area contributed by atoms with Crippen molar-refractivity contribution in [2.45, 2.75) is 13.3 Å². The van der Waals surface area contributed by atoms with Crippen molar-refractivity contribution >= 4 is 5.91 Å². The lowest BCUT2D eigenvalue weighted by Crippen LogP contribution is -2.25. The Balaban J connectivity index is 1.60. The van der Waals surface area contributed by atoms with Gasteiger partial charge in [-0.05, 0) is 49.4 Å². The summed E-state index contributed by atoms with van der Waals surface area (Å²) in [6, 6.07) is 13.1. The SMILES string of the molecule is Cc1ccnn1-c1ccc(C(=O)NCCc2ccco2)cc1. The minimum Gasteiger partial charge on any atom is -0.469 e. The van der Waals surface area contributed by atoms with E-state index in [1.165, 1.54) is 0 Å². The number of aryl methyl sites for hydroxylation is 1. The van der Waals surface area contributed by atoms with Crippen LogP contribution < -0.4 is 5.32 Å². The van der Waals surface area contributed by atoms with Crippen LogP contribution in [0.2, 0.25) is 0 Å². The van der Waals surface area contributed by atoms with Crippen molar-refractivity contribution in [1.82, 2.24) is 15.1 Å². The molecule has 0 radical (unpaired) electrons. The van der Waals surface area contributed by atoms with E-state index in [1.807, 2.05) is 41.9 Å². The summed E-state index contributed by atoms with van der Waals surface area (Å²) in [6.07, 6.45) is 4.07. The molecule has 1 amide bonds. The molecule has 2 aromatic heterocycles. The molecule has 0 atom stereocenters. The van der Waals surface area contributed by atoms with Gasteiger partial charge in [0.1, 0.15) is 5.76 Å². The molecular formula is C17H17N3O2. The van der Waals surface area contributed by atoms with Crippen LogP contribution in [-0.2, 0) is 6.42 Å². The number of benzene rings is 1. The minimum atomic E-state index is -0.0877. The van der Waals surface area contributed by atoms with Gasteiger partial charge in [-0.1, -0.05) is 0 Å². The zero-order chi connectivity index (χ0) is 15.4. The third-order valence-electron chi connectivity index (χ3n) is 3.44. The molecule has 5 nitrogen and oxygen atoms in total. The average molecular weight is 295 g/mol. The van der Waals surface area contributed by atoms with Crippen molar-refractivity contribution in [1.29, 1.82) is 0 Å². The third-order valence-corrected chi connectivity index (χ3v) is 3.44. The van der Waals surface area contributed by atoms with Gasteiger partial charge in [0, 0.05) is 30.4 Å². The Labute approximate surface area is 128 Å². The summed E-state index contributed by atoms with van der Waals surface area (Å²) in [4.78, 5) is 12.1. The van der Waals surface area contributed by atoms with Crippen molar-refractivity contribution in [3.05, 3.63) is 71.9 Å². The number of nitrogens with zero attached hydrogens (tertiary/aromatic N) is 2. The Kier molecular flexibility index (Phi) is 4.05. The fourth-order valence-corrected chi connectivity index (χ4v) is 2.25. The van der Waals surface area contributed by atoms with Crippen LogP contribution >= 0.6 is 0 Å². The molecule has 1 N–H and O–H groups in total. The van der Waals surface area contributed by atoms with E-state index in [9.17, 15) is 4.79 Å². The van der Waals surface area contributed by atoms with Crippen molar-refractivity contribution in [3.63, 3.8) is 0 Å². The maximum absolute atomic E-state index is 12.1. The standard InChI is InChI=1S/C17H17N3O2/c1-13-8-11-19-20(13)15-6-4-14(5-7-15)17(21)18-10-9-16-3-2-12-22-16/h2-8,11-12H,9-10H2,1H3,(H,18,21). The van der Waals surface area contributed by atoms with Crippen molar-refractivity contribution in [2.75, 3.05) is 6.54 Å². The second-order valence-electron chi connectivity index (χ2n) is 5.02. The first-order valence-electron chi connectivity index (χ1n) is 7.16. The van der Waals surface area contributed by atoms with E-state index in [0.29, 0.717) is 18.5 Å². The molecule has 1 aromatic carbocycles. The number of hydrogen-bond acceptors (Lipinski definition) is 3. The van der Waals surface area contributed by atoms with E-state index in [-0.39, 0.29) is 5.91 Å². The molecule has 0 saturated heterocycles. The first-order valence-corrected chi connectivity index (χ1v) is 7.16. The summed E-state index contributed by atoms with van der Waals surface area (Å²) in [6.45, 7) is 2.54. The Morgan fingerprint density at radius 3 is 2.68 bits per heavy atom. The van der Waals surface area contributed by atoms with Crippen LogP contribution in [-0.4, -0.2) is 22.2 Å². The number of nitrogens with one attached hydrogen (secondary N) is 1. The molecule has 0 aliphatic carbocycles. The zero-order valence-electron chi connectivity index (χ0n) is 12.3. The zero-order valence-corrected chi connectivity index (χ0v) is 12.3. The van der Waals surface area contributed by atoms with Gasteiger partial charge in [0.15, 0.2) is 0 Å². The summed E-state index contributed by atoms with van der Waals surface area (Å²) >= 11 is 0. The summed E-state index contributed by atoms with van der Waals surface area (Å²) in [7, 11) is 0. The molecule has 0 unspecified atom stereocenters. The van der Waals surface area contributed by atoms with Crippen LogP contribution in [0.15, 0.2) is 59.3 Å². The van der Waals surface area contributed by atoms with E-state index < -0.39 is 0 Å². The smallest absolute Gasteiger partial charge is 0.251 e. The normalized spacial score (nSPS) is 10.6. The average Bonchev–Trinajstić information content (AvgIpc) is 3.19. The summed E-state index contributed by atoms with van der Waals surface area (Å²) < 4.78 is 7.06. The number of carbonyl (C=O) groups excluding carboxylic acids is 1. The van der Waals surface area contributed by atoms with Gasteiger partial charge in [-0.15, -0.1) is 0 Å². The van der Waals surface area contributed by atoms with Gasteiger partial charge in [0.2, 0.25) is 0 Å². The molecule has 22 heavy (non-hydrogen) atoms. The van der Waals surface area contributed by atoms with E-state index in [1.54, 1.807) is 24.6 Å². The lowest BCUT2D eigenvalue weighted by atomic mass is 10.2. The molecule has 0 saturated carbocycles. The van der Waals surface area contributed by atoms with E-state index in [4.69, 9.17) is 4.42 Å². The molecule has 2 heterocycles. The number of hydrogen-bond donors (Lipinski definition) is 1. The molecular weight excluding hydrogens is 278 g/mol. The van der Waals surface area contributed by atoms with Gasteiger partial charge < -0.3 is 9.73 Å². The quantitative estimate of drug-likeness (QED) is 0.787. The van der Waals surface area contributed by atoms with Crippen LogP contribution in [0.1, 0.15) is 21.8 Å². The predicted octanol–water partition coefficient (Wildman–Crippen LogP) is 2.75. The van der Waals surface area contributed by atoms with E-state index in [2.05, 4.69) is 10.4 Å². The summed E-state index contributed by atoms with van der Waals surface area (Å²) in [5.74, 6) is 0.778. The summed E-state index contributed by atoms with van der Waals surface area (Å²) in [5.41, 5.74) is 2.62. The first kappa shape index (κ1) is 14.1. The Morgan fingerprint density at radius 2 is 2.05 bits per heavy atom. The number of amides is 1. The van der Waals surface area contributed by atoms with E-state index in [0.717, 1.165) is 17.1 Å². The van der Waals surface area contributed by atoms with Crippen LogP contribution in [0.4, 0.5) is 0 Å². The molecule has 3 aromatic rings. The Morgan fingerprint density at radius 1 is 1.23 bits per heavy atom. The van der Waals surface area contributed by atoms with Crippen molar-refractivity contribution < 1.29 is 9.21 Å². The number of rotatable bonds is 5. The summed E-state index contributed by atoms with van der Waals surface area (Å²) in [5, 5.41) is 7.13. The second kappa shape index (κ2) is 6.30.